The van der Waals surface area contributed by atoms with Gasteiger partial charge in [-0.15, -0.1) is 0 Å². The monoisotopic (exact) mass is 387 g/mol. The standard InChI is InChI=1S/C21H26ClN3O2/c1-4-10-27-20-12-16(22)15(11-19(20)26-5-2)13-23-14(3)21-24-17-8-6-7-9-18(17)25-21/h6-9,11-12,14,23H,4-5,10,13H2,1-3H3,(H,24,25). The van der Waals surface area contributed by atoms with Crippen LogP contribution in [0.25, 0.3) is 11.0 Å². The van der Waals surface area contributed by atoms with E-state index in [2.05, 4.69) is 29.1 Å². The van der Waals surface area contributed by atoms with Crippen molar-refractivity contribution in [3.63, 3.8) is 0 Å². The maximum absolute atomic E-state index is 6.48. The molecule has 0 bridgehead atoms. The molecule has 1 aromatic heterocycles. The van der Waals surface area contributed by atoms with Crippen molar-refractivity contribution in [2.45, 2.75) is 39.8 Å². The number of hydrogen-bond donors (Lipinski definition) is 2. The molecule has 144 valence electrons. The summed E-state index contributed by atoms with van der Waals surface area (Å²) in [5.74, 6) is 2.32. The van der Waals surface area contributed by atoms with E-state index in [1.165, 1.54) is 0 Å². The van der Waals surface area contributed by atoms with Gasteiger partial charge in [0.1, 0.15) is 5.82 Å². The summed E-state index contributed by atoms with van der Waals surface area (Å²) in [5, 5.41) is 4.14. The topological polar surface area (TPSA) is 59.2 Å². The maximum Gasteiger partial charge on any atom is 0.162 e. The lowest BCUT2D eigenvalue weighted by Gasteiger charge is -2.16. The number of nitrogens with zero attached hydrogens (tertiary/aromatic N) is 1. The lowest BCUT2D eigenvalue weighted by Crippen LogP contribution is -2.19. The summed E-state index contributed by atoms with van der Waals surface area (Å²) in [6.07, 6.45) is 0.932. The Morgan fingerprint density at radius 2 is 1.93 bits per heavy atom. The first-order valence-electron chi connectivity index (χ1n) is 9.38. The van der Waals surface area contributed by atoms with E-state index in [0.717, 1.165) is 34.6 Å². The first-order chi connectivity index (χ1) is 13.1. The fourth-order valence-corrected chi connectivity index (χ4v) is 3.06. The van der Waals surface area contributed by atoms with Crippen LogP contribution < -0.4 is 14.8 Å². The summed E-state index contributed by atoms with van der Waals surface area (Å²) < 4.78 is 11.5. The van der Waals surface area contributed by atoms with E-state index in [0.29, 0.717) is 30.5 Å². The summed E-state index contributed by atoms with van der Waals surface area (Å²) in [6.45, 7) is 7.92. The average Bonchev–Trinajstić information content (AvgIpc) is 3.11. The third-order valence-corrected chi connectivity index (χ3v) is 4.64. The number of imidazole rings is 1. The largest absolute Gasteiger partial charge is 0.490 e. The molecule has 0 radical (unpaired) electrons. The van der Waals surface area contributed by atoms with E-state index in [4.69, 9.17) is 21.1 Å². The summed E-state index contributed by atoms with van der Waals surface area (Å²) in [4.78, 5) is 8.01. The molecule has 0 aliphatic carbocycles. The lowest BCUT2D eigenvalue weighted by atomic mass is 10.1. The lowest BCUT2D eigenvalue weighted by molar-refractivity contribution is 0.276. The Hall–Kier alpha value is -2.24. The minimum absolute atomic E-state index is 0.0556. The van der Waals surface area contributed by atoms with Gasteiger partial charge in [-0.05, 0) is 44.0 Å². The normalized spacial score (nSPS) is 12.3. The molecule has 0 aliphatic heterocycles. The molecule has 2 aromatic carbocycles. The van der Waals surface area contributed by atoms with E-state index in [-0.39, 0.29) is 6.04 Å². The second kappa shape index (κ2) is 9.11. The maximum atomic E-state index is 6.48. The zero-order chi connectivity index (χ0) is 19.2. The van der Waals surface area contributed by atoms with Crippen molar-refractivity contribution in [2.75, 3.05) is 13.2 Å². The van der Waals surface area contributed by atoms with Gasteiger partial charge in [0.15, 0.2) is 11.5 Å². The molecule has 3 aromatic rings. The quantitative estimate of drug-likeness (QED) is 0.526. The van der Waals surface area contributed by atoms with Crippen molar-refractivity contribution in [1.29, 1.82) is 0 Å². The van der Waals surface area contributed by atoms with Crippen LogP contribution in [0.3, 0.4) is 0 Å². The Kier molecular flexibility index (Phi) is 6.58. The van der Waals surface area contributed by atoms with Gasteiger partial charge in [-0.1, -0.05) is 30.7 Å². The van der Waals surface area contributed by atoms with Crippen LogP contribution in [-0.4, -0.2) is 23.2 Å². The Morgan fingerprint density at radius 1 is 1.15 bits per heavy atom. The van der Waals surface area contributed by atoms with Gasteiger partial charge in [0.25, 0.3) is 0 Å². The molecule has 1 unspecified atom stereocenters. The Morgan fingerprint density at radius 3 is 2.67 bits per heavy atom. The number of benzene rings is 2. The van der Waals surface area contributed by atoms with Crippen LogP contribution in [-0.2, 0) is 6.54 Å². The molecule has 0 amide bonds. The second-order valence-electron chi connectivity index (χ2n) is 6.41. The van der Waals surface area contributed by atoms with Gasteiger partial charge < -0.3 is 19.8 Å². The van der Waals surface area contributed by atoms with Crippen molar-refractivity contribution in [2.24, 2.45) is 0 Å². The van der Waals surface area contributed by atoms with Crippen molar-refractivity contribution in [3.05, 3.63) is 52.8 Å². The third-order valence-electron chi connectivity index (χ3n) is 4.29. The number of rotatable bonds is 9. The molecule has 3 rings (SSSR count). The number of aromatic amines is 1. The van der Waals surface area contributed by atoms with Gasteiger partial charge in [-0.25, -0.2) is 4.98 Å². The molecule has 1 atom stereocenters. The van der Waals surface area contributed by atoms with Crippen molar-refractivity contribution in [3.8, 4) is 11.5 Å². The van der Waals surface area contributed by atoms with Crippen molar-refractivity contribution >= 4 is 22.6 Å². The number of aromatic nitrogens is 2. The fourth-order valence-electron chi connectivity index (χ4n) is 2.84. The predicted molar refractivity (Wildman–Crippen MR) is 110 cm³/mol. The smallest absolute Gasteiger partial charge is 0.162 e. The van der Waals surface area contributed by atoms with Crippen molar-refractivity contribution < 1.29 is 9.47 Å². The number of halogens is 1. The molecule has 0 saturated heterocycles. The highest BCUT2D eigenvalue weighted by molar-refractivity contribution is 6.31. The highest BCUT2D eigenvalue weighted by Gasteiger charge is 2.14. The van der Waals surface area contributed by atoms with Crippen LogP contribution in [0.2, 0.25) is 5.02 Å². The van der Waals surface area contributed by atoms with Crippen LogP contribution >= 0.6 is 11.6 Å². The van der Waals surface area contributed by atoms with Gasteiger partial charge in [0.2, 0.25) is 0 Å². The van der Waals surface area contributed by atoms with Gasteiger partial charge in [-0.2, -0.15) is 0 Å². The average molecular weight is 388 g/mol. The first kappa shape index (κ1) is 19.5. The van der Waals surface area contributed by atoms with Gasteiger partial charge in [0, 0.05) is 17.6 Å². The number of para-hydroxylation sites is 2. The summed E-state index contributed by atoms with van der Waals surface area (Å²) >= 11 is 6.48. The number of fused-ring (bicyclic) bond motifs is 1. The molecule has 6 heteroatoms. The van der Waals surface area contributed by atoms with E-state index in [1.807, 2.05) is 43.3 Å². The molecule has 0 spiro atoms. The highest BCUT2D eigenvalue weighted by atomic mass is 35.5. The van der Waals surface area contributed by atoms with E-state index < -0.39 is 0 Å². The second-order valence-corrected chi connectivity index (χ2v) is 6.82. The Bertz CT molecular complexity index is 861. The summed E-state index contributed by atoms with van der Waals surface area (Å²) in [5.41, 5.74) is 2.97. The number of nitrogens with one attached hydrogen (secondary N) is 2. The minimum Gasteiger partial charge on any atom is -0.490 e. The van der Waals surface area contributed by atoms with Crippen molar-refractivity contribution in [1.82, 2.24) is 15.3 Å². The molecule has 5 nitrogen and oxygen atoms in total. The number of hydrogen-bond acceptors (Lipinski definition) is 4. The minimum atomic E-state index is 0.0556. The van der Waals surface area contributed by atoms with Crippen LogP contribution in [0.5, 0.6) is 11.5 Å². The Balaban J connectivity index is 1.73. The van der Waals surface area contributed by atoms with Gasteiger partial charge in [0.05, 0.1) is 30.3 Å². The first-order valence-corrected chi connectivity index (χ1v) is 9.76. The Labute approximate surface area is 165 Å². The van der Waals surface area contributed by atoms with E-state index >= 15 is 0 Å². The molecule has 0 aliphatic rings. The number of ether oxygens (including phenoxy) is 2. The molecular formula is C21H26ClN3O2. The van der Waals surface area contributed by atoms with Gasteiger partial charge >= 0.3 is 0 Å². The zero-order valence-electron chi connectivity index (χ0n) is 16.0. The molecule has 0 saturated carbocycles. The van der Waals surface area contributed by atoms with Crippen LogP contribution in [0.15, 0.2) is 36.4 Å². The van der Waals surface area contributed by atoms with Gasteiger partial charge in [-0.3, -0.25) is 0 Å². The molecule has 27 heavy (non-hydrogen) atoms. The van der Waals surface area contributed by atoms with E-state index in [9.17, 15) is 0 Å². The highest BCUT2D eigenvalue weighted by Crippen LogP contribution is 2.34. The summed E-state index contributed by atoms with van der Waals surface area (Å²) in [6, 6.07) is 11.9. The predicted octanol–water partition coefficient (Wildman–Crippen LogP) is 5.25. The molecule has 0 fully saturated rings. The molecular weight excluding hydrogens is 362 g/mol. The third kappa shape index (κ3) is 4.73. The molecule has 2 N–H and O–H groups in total. The summed E-state index contributed by atoms with van der Waals surface area (Å²) in [7, 11) is 0. The van der Waals surface area contributed by atoms with Crippen LogP contribution in [0.4, 0.5) is 0 Å². The molecule has 1 heterocycles. The van der Waals surface area contributed by atoms with E-state index in [1.54, 1.807) is 0 Å². The number of H-pyrrole nitrogens is 1. The van der Waals surface area contributed by atoms with Crippen LogP contribution in [0, 0.1) is 0 Å². The fraction of sp³-hybridized carbons (Fsp3) is 0.381. The van der Waals surface area contributed by atoms with Crippen LogP contribution in [0.1, 0.15) is 44.6 Å². The SMILES string of the molecule is CCCOc1cc(Cl)c(CNC(C)c2nc3ccccc3[nH]2)cc1OCC. The zero-order valence-corrected chi connectivity index (χ0v) is 16.8.